The highest BCUT2D eigenvalue weighted by atomic mass is 19.1. The Bertz CT molecular complexity index is 705. The lowest BCUT2D eigenvalue weighted by Crippen LogP contribution is -2.32. The molecule has 5 nitrogen and oxygen atoms in total. The van der Waals surface area contributed by atoms with Gasteiger partial charge < -0.3 is 15.4 Å². The third-order valence-electron chi connectivity index (χ3n) is 3.86. The zero-order valence-corrected chi connectivity index (χ0v) is 15.2. The Kier molecular flexibility index (Phi) is 8.83. The highest BCUT2D eigenvalue weighted by Gasteiger charge is 2.05. The SMILES string of the molecule is O=C(CCNC(=O)Cc1ccccc1)NCCCCOc1ccc(F)cc1. The van der Waals surface area contributed by atoms with E-state index in [4.69, 9.17) is 4.74 Å². The number of carbonyl (C=O) groups is 2. The van der Waals surface area contributed by atoms with Crippen molar-refractivity contribution in [1.82, 2.24) is 10.6 Å². The van der Waals surface area contributed by atoms with Gasteiger partial charge in [-0.2, -0.15) is 0 Å². The Morgan fingerprint density at radius 2 is 1.56 bits per heavy atom. The zero-order valence-electron chi connectivity index (χ0n) is 15.2. The molecular formula is C21H25FN2O3. The molecule has 6 heteroatoms. The Labute approximate surface area is 158 Å². The number of unbranched alkanes of at least 4 members (excludes halogenated alkanes) is 1. The van der Waals surface area contributed by atoms with Crippen LogP contribution in [0.1, 0.15) is 24.8 Å². The van der Waals surface area contributed by atoms with Gasteiger partial charge in [-0.25, -0.2) is 4.39 Å². The van der Waals surface area contributed by atoms with Gasteiger partial charge in [-0.15, -0.1) is 0 Å². The molecule has 27 heavy (non-hydrogen) atoms. The highest BCUT2D eigenvalue weighted by molar-refractivity contribution is 5.80. The lowest BCUT2D eigenvalue weighted by molar-refractivity contribution is -0.122. The van der Waals surface area contributed by atoms with Crippen molar-refractivity contribution in [3.63, 3.8) is 0 Å². The largest absolute Gasteiger partial charge is 0.494 e. The van der Waals surface area contributed by atoms with Crippen LogP contribution in [0.3, 0.4) is 0 Å². The number of hydrogen-bond acceptors (Lipinski definition) is 3. The fraction of sp³-hybridized carbons (Fsp3) is 0.333. The molecule has 2 N–H and O–H groups in total. The smallest absolute Gasteiger partial charge is 0.224 e. The lowest BCUT2D eigenvalue weighted by Gasteiger charge is -2.08. The monoisotopic (exact) mass is 372 g/mol. The van der Waals surface area contributed by atoms with E-state index in [-0.39, 0.29) is 24.1 Å². The summed E-state index contributed by atoms with van der Waals surface area (Å²) in [5, 5.41) is 5.57. The average Bonchev–Trinajstić information content (AvgIpc) is 2.67. The summed E-state index contributed by atoms with van der Waals surface area (Å²) in [6.07, 6.45) is 2.14. The van der Waals surface area contributed by atoms with Crippen LogP contribution in [0, 0.1) is 5.82 Å². The molecule has 0 aliphatic heterocycles. The Morgan fingerprint density at radius 3 is 2.30 bits per heavy atom. The Hall–Kier alpha value is -2.89. The van der Waals surface area contributed by atoms with E-state index in [0.29, 0.717) is 31.9 Å². The third kappa shape index (κ3) is 8.85. The predicted octanol–water partition coefficient (Wildman–Crippen LogP) is 2.85. The molecule has 0 saturated heterocycles. The lowest BCUT2D eigenvalue weighted by atomic mass is 10.1. The molecule has 0 radical (unpaired) electrons. The first-order valence-electron chi connectivity index (χ1n) is 9.09. The van der Waals surface area contributed by atoms with Crippen LogP contribution in [0.5, 0.6) is 5.75 Å². The van der Waals surface area contributed by atoms with Crippen molar-refractivity contribution >= 4 is 11.8 Å². The van der Waals surface area contributed by atoms with Crippen molar-refractivity contribution in [2.75, 3.05) is 19.7 Å². The first-order valence-corrected chi connectivity index (χ1v) is 9.09. The molecule has 2 rings (SSSR count). The van der Waals surface area contributed by atoms with E-state index in [0.717, 1.165) is 18.4 Å². The molecule has 0 aromatic heterocycles. The molecule has 0 unspecified atom stereocenters. The summed E-state index contributed by atoms with van der Waals surface area (Å²) in [7, 11) is 0. The van der Waals surface area contributed by atoms with Gasteiger partial charge in [0.15, 0.2) is 0 Å². The van der Waals surface area contributed by atoms with Crippen molar-refractivity contribution in [1.29, 1.82) is 0 Å². The maximum Gasteiger partial charge on any atom is 0.224 e. The summed E-state index contributed by atoms with van der Waals surface area (Å²) in [4.78, 5) is 23.5. The van der Waals surface area contributed by atoms with E-state index >= 15 is 0 Å². The van der Waals surface area contributed by atoms with Gasteiger partial charge in [-0.05, 0) is 42.7 Å². The normalized spacial score (nSPS) is 10.3. The van der Waals surface area contributed by atoms with Crippen molar-refractivity contribution in [2.45, 2.75) is 25.7 Å². The second-order valence-electron chi connectivity index (χ2n) is 6.12. The van der Waals surface area contributed by atoms with E-state index in [1.165, 1.54) is 12.1 Å². The topological polar surface area (TPSA) is 67.4 Å². The van der Waals surface area contributed by atoms with Crippen molar-refractivity contribution in [3.05, 3.63) is 66.0 Å². The average molecular weight is 372 g/mol. The van der Waals surface area contributed by atoms with Gasteiger partial charge in [-0.3, -0.25) is 9.59 Å². The van der Waals surface area contributed by atoms with Gasteiger partial charge in [0.25, 0.3) is 0 Å². The number of ether oxygens (including phenoxy) is 1. The van der Waals surface area contributed by atoms with Gasteiger partial charge in [0.1, 0.15) is 11.6 Å². The minimum atomic E-state index is -0.290. The van der Waals surface area contributed by atoms with Gasteiger partial charge in [0.05, 0.1) is 13.0 Å². The molecule has 0 bridgehead atoms. The minimum absolute atomic E-state index is 0.0885. The maximum absolute atomic E-state index is 12.8. The Balaban J connectivity index is 1.46. The molecule has 0 aliphatic carbocycles. The molecule has 0 aliphatic rings. The van der Waals surface area contributed by atoms with E-state index in [1.807, 2.05) is 30.3 Å². The van der Waals surface area contributed by atoms with Crippen LogP contribution in [0.4, 0.5) is 4.39 Å². The standard InChI is InChI=1S/C21H25FN2O3/c22-18-8-10-19(11-9-18)27-15-5-4-13-23-20(25)12-14-24-21(26)16-17-6-2-1-3-7-17/h1-3,6-11H,4-5,12-16H2,(H,23,25)(H,24,26). The fourth-order valence-electron chi connectivity index (χ4n) is 2.42. The number of amides is 2. The van der Waals surface area contributed by atoms with Gasteiger partial charge in [0.2, 0.25) is 11.8 Å². The van der Waals surface area contributed by atoms with Crippen LogP contribution >= 0.6 is 0 Å². The second-order valence-corrected chi connectivity index (χ2v) is 6.12. The number of carbonyl (C=O) groups excluding carboxylic acids is 2. The summed E-state index contributed by atoms with van der Waals surface area (Å²) in [6, 6.07) is 15.4. The predicted molar refractivity (Wildman–Crippen MR) is 102 cm³/mol. The van der Waals surface area contributed by atoms with Crippen LogP contribution in [-0.2, 0) is 16.0 Å². The van der Waals surface area contributed by atoms with Gasteiger partial charge >= 0.3 is 0 Å². The number of hydrogen-bond donors (Lipinski definition) is 2. The molecule has 2 aromatic carbocycles. The summed E-state index contributed by atoms with van der Waals surface area (Å²) in [5.41, 5.74) is 0.947. The van der Waals surface area contributed by atoms with Gasteiger partial charge in [-0.1, -0.05) is 30.3 Å². The summed E-state index contributed by atoms with van der Waals surface area (Å²) in [5.74, 6) is 0.161. The van der Waals surface area contributed by atoms with Crippen LogP contribution in [0.15, 0.2) is 54.6 Å². The fourth-order valence-corrected chi connectivity index (χ4v) is 2.42. The minimum Gasteiger partial charge on any atom is -0.494 e. The van der Waals surface area contributed by atoms with Crippen LogP contribution < -0.4 is 15.4 Å². The number of rotatable bonds is 11. The van der Waals surface area contributed by atoms with E-state index in [1.54, 1.807) is 12.1 Å². The first kappa shape index (κ1) is 20.4. The summed E-state index contributed by atoms with van der Waals surface area (Å²) < 4.78 is 18.2. The molecular weight excluding hydrogens is 347 g/mol. The van der Waals surface area contributed by atoms with Gasteiger partial charge in [0, 0.05) is 19.5 Å². The van der Waals surface area contributed by atoms with Crippen molar-refractivity contribution in [3.8, 4) is 5.75 Å². The molecule has 0 heterocycles. The van der Waals surface area contributed by atoms with E-state index < -0.39 is 0 Å². The molecule has 0 spiro atoms. The molecule has 0 saturated carbocycles. The molecule has 144 valence electrons. The van der Waals surface area contributed by atoms with Crippen LogP contribution in [0.2, 0.25) is 0 Å². The third-order valence-corrected chi connectivity index (χ3v) is 3.86. The molecule has 2 aromatic rings. The zero-order chi connectivity index (χ0) is 19.3. The quantitative estimate of drug-likeness (QED) is 0.596. The first-order chi connectivity index (χ1) is 13.1. The summed E-state index contributed by atoms with van der Waals surface area (Å²) in [6.45, 7) is 1.39. The van der Waals surface area contributed by atoms with Crippen LogP contribution in [-0.4, -0.2) is 31.5 Å². The molecule has 0 atom stereocenters. The summed E-state index contributed by atoms with van der Waals surface area (Å²) >= 11 is 0. The molecule has 0 fully saturated rings. The number of benzene rings is 2. The van der Waals surface area contributed by atoms with Crippen LogP contribution in [0.25, 0.3) is 0 Å². The number of halogens is 1. The van der Waals surface area contributed by atoms with E-state index in [2.05, 4.69) is 10.6 Å². The Morgan fingerprint density at radius 1 is 0.852 bits per heavy atom. The van der Waals surface area contributed by atoms with Crippen molar-refractivity contribution in [2.24, 2.45) is 0 Å². The number of nitrogens with one attached hydrogen (secondary N) is 2. The van der Waals surface area contributed by atoms with E-state index in [9.17, 15) is 14.0 Å². The maximum atomic E-state index is 12.8. The highest BCUT2D eigenvalue weighted by Crippen LogP contribution is 2.11. The van der Waals surface area contributed by atoms with Crippen molar-refractivity contribution < 1.29 is 18.7 Å². The second kappa shape index (κ2) is 11.7. The molecule has 2 amide bonds.